The quantitative estimate of drug-likeness (QED) is 0.409. The molecule has 0 fully saturated rings. The highest BCUT2D eigenvalue weighted by Crippen LogP contribution is 2.22. The number of fused-ring (bicyclic) bond motifs is 3. The molecule has 0 aliphatic heterocycles. The van der Waals surface area contributed by atoms with Crippen LogP contribution in [0.2, 0.25) is 0 Å². The highest BCUT2D eigenvalue weighted by atomic mass is 35.5. The van der Waals surface area contributed by atoms with E-state index in [1.165, 1.54) is 16.5 Å². The first-order valence-corrected chi connectivity index (χ1v) is 9.35. The Labute approximate surface area is 158 Å². The van der Waals surface area contributed by atoms with Gasteiger partial charge in [-0.2, -0.15) is 0 Å². The second-order valence-corrected chi connectivity index (χ2v) is 6.41. The van der Waals surface area contributed by atoms with Gasteiger partial charge >= 0.3 is 0 Å². The maximum Gasteiger partial charge on any atom is 0.107 e. The largest absolute Gasteiger partial charge is 0.330 e. The van der Waals surface area contributed by atoms with Gasteiger partial charge < -0.3 is 10.3 Å². The van der Waals surface area contributed by atoms with Gasteiger partial charge in [-0.25, -0.2) is 4.98 Å². The molecule has 0 saturated carbocycles. The molecule has 0 unspecified atom stereocenters. The number of hydrogen-bond acceptors (Lipinski definition) is 3. The van der Waals surface area contributed by atoms with Crippen molar-refractivity contribution in [3.8, 4) is 0 Å². The molecule has 2 heterocycles. The average Bonchev–Trinajstić information content (AvgIpc) is 3.13. The van der Waals surface area contributed by atoms with Crippen molar-refractivity contribution >= 4 is 33.5 Å². The zero-order valence-corrected chi connectivity index (χ0v) is 15.4. The molecule has 2 aromatic carbocycles. The molecule has 0 amide bonds. The average molecular weight is 367 g/mol. The molecule has 4 rings (SSSR count). The highest BCUT2D eigenvalue weighted by molar-refractivity contribution is 6.17. The number of hydrogen-bond donors (Lipinski definition) is 1. The minimum atomic E-state index is 0.640. The van der Waals surface area contributed by atoms with Crippen LogP contribution in [-0.4, -0.2) is 20.4 Å². The number of nitrogens with zero attached hydrogens (tertiary/aromatic N) is 3. The number of halogens is 1. The Morgan fingerprint density at radius 3 is 2.38 bits per heavy atom. The number of rotatable bonds is 5. The SMILES string of the molecule is ClCCCCn1cnc2cnc3ccccc3c21.NCc1ccccc1. The Hall–Kier alpha value is -2.43. The lowest BCUT2D eigenvalue weighted by Crippen LogP contribution is -1.97. The number of benzene rings is 2. The van der Waals surface area contributed by atoms with Crippen LogP contribution in [0.5, 0.6) is 0 Å². The first-order chi connectivity index (χ1) is 12.8. The summed E-state index contributed by atoms with van der Waals surface area (Å²) >= 11 is 5.72. The molecule has 0 spiro atoms. The Kier molecular flexibility index (Phi) is 6.58. The third-order valence-corrected chi connectivity index (χ3v) is 4.48. The third kappa shape index (κ3) is 4.40. The molecular weight excluding hydrogens is 344 g/mol. The summed E-state index contributed by atoms with van der Waals surface area (Å²) in [4.78, 5) is 8.84. The maximum atomic E-state index is 5.72. The van der Waals surface area contributed by atoms with Crippen molar-refractivity contribution in [3.05, 3.63) is 72.7 Å². The number of pyridine rings is 1. The minimum Gasteiger partial charge on any atom is -0.330 e. The number of aromatic nitrogens is 3. The zero-order chi connectivity index (χ0) is 18.2. The van der Waals surface area contributed by atoms with E-state index in [4.69, 9.17) is 17.3 Å². The van der Waals surface area contributed by atoms with E-state index in [0.717, 1.165) is 36.3 Å². The summed E-state index contributed by atoms with van der Waals surface area (Å²) in [5.74, 6) is 0.717. The van der Waals surface area contributed by atoms with Gasteiger partial charge in [0.05, 0.1) is 23.6 Å². The molecule has 0 saturated heterocycles. The third-order valence-electron chi connectivity index (χ3n) is 4.21. The zero-order valence-electron chi connectivity index (χ0n) is 14.7. The molecule has 26 heavy (non-hydrogen) atoms. The maximum absolute atomic E-state index is 5.72. The van der Waals surface area contributed by atoms with Gasteiger partial charge in [-0.3, -0.25) is 4.98 Å². The van der Waals surface area contributed by atoms with E-state index < -0.39 is 0 Å². The summed E-state index contributed by atoms with van der Waals surface area (Å²) in [7, 11) is 0. The van der Waals surface area contributed by atoms with Gasteiger partial charge in [0.25, 0.3) is 0 Å². The number of para-hydroxylation sites is 1. The van der Waals surface area contributed by atoms with Crippen molar-refractivity contribution in [1.29, 1.82) is 0 Å². The van der Waals surface area contributed by atoms with E-state index in [9.17, 15) is 0 Å². The van der Waals surface area contributed by atoms with Gasteiger partial charge in [0.1, 0.15) is 5.52 Å². The summed E-state index contributed by atoms with van der Waals surface area (Å²) in [6.07, 6.45) is 5.85. The van der Waals surface area contributed by atoms with E-state index in [2.05, 4.69) is 20.6 Å². The van der Waals surface area contributed by atoms with E-state index in [0.29, 0.717) is 6.54 Å². The highest BCUT2D eigenvalue weighted by Gasteiger charge is 2.07. The Morgan fingerprint density at radius 1 is 0.885 bits per heavy atom. The number of nitrogens with two attached hydrogens (primary N) is 1. The van der Waals surface area contributed by atoms with Gasteiger partial charge in [0, 0.05) is 24.4 Å². The van der Waals surface area contributed by atoms with Crippen LogP contribution in [0.25, 0.3) is 21.9 Å². The van der Waals surface area contributed by atoms with Crippen LogP contribution < -0.4 is 5.73 Å². The van der Waals surface area contributed by atoms with Crippen LogP contribution in [-0.2, 0) is 13.1 Å². The van der Waals surface area contributed by atoms with Gasteiger partial charge in [0.2, 0.25) is 0 Å². The smallest absolute Gasteiger partial charge is 0.107 e. The number of alkyl halides is 1. The fourth-order valence-electron chi connectivity index (χ4n) is 2.86. The Bertz CT molecular complexity index is 950. The lowest BCUT2D eigenvalue weighted by molar-refractivity contribution is 0.649. The predicted molar refractivity (Wildman–Crippen MR) is 109 cm³/mol. The van der Waals surface area contributed by atoms with Crippen molar-refractivity contribution < 1.29 is 0 Å². The van der Waals surface area contributed by atoms with Crippen molar-refractivity contribution in [2.45, 2.75) is 25.9 Å². The molecule has 0 aliphatic rings. The van der Waals surface area contributed by atoms with Gasteiger partial charge in [-0.05, 0) is 24.5 Å². The number of aryl methyl sites for hydroxylation is 1. The molecule has 2 aromatic heterocycles. The molecule has 0 aliphatic carbocycles. The van der Waals surface area contributed by atoms with E-state index >= 15 is 0 Å². The van der Waals surface area contributed by atoms with Crippen molar-refractivity contribution in [3.63, 3.8) is 0 Å². The predicted octanol–water partition coefficient (Wildman–Crippen LogP) is 4.75. The van der Waals surface area contributed by atoms with E-state index in [-0.39, 0.29) is 0 Å². The summed E-state index contributed by atoms with van der Waals surface area (Å²) in [6.45, 7) is 1.60. The molecular formula is C21H23ClN4. The van der Waals surface area contributed by atoms with Crippen molar-refractivity contribution in [2.24, 2.45) is 5.73 Å². The Balaban J connectivity index is 0.000000206. The van der Waals surface area contributed by atoms with Gasteiger partial charge in [0.15, 0.2) is 0 Å². The van der Waals surface area contributed by atoms with E-state index in [1.54, 1.807) is 0 Å². The van der Waals surface area contributed by atoms with Gasteiger partial charge in [-0.15, -0.1) is 11.6 Å². The topological polar surface area (TPSA) is 56.7 Å². The monoisotopic (exact) mass is 366 g/mol. The van der Waals surface area contributed by atoms with Crippen LogP contribution >= 0.6 is 11.6 Å². The fraction of sp³-hybridized carbons (Fsp3) is 0.238. The van der Waals surface area contributed by atoms with Crippen LogP contribution in [0.1, 0.15) is 18.4 Å². The number of imidazole rings is 1. The van der Waals surface area contributed by atoms with Gasteiger partial charge in [-0.1, -0.05) is 48.5 Å². The first kappa shape index (κ1) is 18.4. The molecule has 0 radical (unpaired) electrons. The normalized spacial score (nSPS) is 10.7. The molecule has 5 heteroatoms. The molecule has 134 valence electrons. The van der Waals surface area contributed by atoms with Crippen molar-refractivity contribution in [2.75, 3.05) is 5.88 Å². The lowest BCUT2D eigenvalue weighted by Gasteiger charge is -2.05. The first-order valence-electron chi connectivity index (χ1n) is 8.82. The fourth-order valence-corrected chi connectivity index (χ4v) is 3.05. The standard InChI is InChI=1S/C14H14ClN3.C7H9N/c15-7-3-4-8-18-10-17-13-9-16-12-6-2-1-5-11(12)14(13)18;8-6-7-4-2-1-3-5-7/h1-2,5-6,9-10H,3-4,7-8H2;1-5H,6,8H2. The summed E-state index contributed by atoms with van der Waals surface area (Å²) in [6, 6.07) is 18.2. The summed E-state index contributed by atoms with van der Waals surface area (Å²) in [5.41, 5.74) is 9.69. The van der Waals surface area contributed by atoms with Crippen LogP contribution in [0.15, 0.2) is 67.1 Å². The Morgan fingerprint density at radius 2 is 1.65 bits per heavy atom. The van der Waals surface area contributed by atoms with Crippen molar-refractivity contribution in [1.82, 2.24) is 14.5 Å². The molecule has 0 bridgehead atoms. The molecule has 4 nitrogen and oxygen atoms in total. The van der Waals surface area contributed by atoms with Crippen LogP contribution in [0, 0.1) is 0 Å². The molecule has 0 atom stereocenters. The second-order valence-electron chi connectivity index (χ2n) is 6.03. The van der Waals surface area contributed by atoms with Crippen LogP contribution in [0.4, 0.5) is 0 Å². The van der Waals surface area contributed by atoms with Crippen LogP contribution in [0.3, 0.4) is 0 Å². The summed E-state index contributed by atoms with van der Waals surface area (Å²) < 4.78 is 2.20. The summed E-state index contributed by atoms with van der Waals surface area (Å²) in [5, 5.41) is 1.17. The molecule has 4 aromatic rings. The van der Waals surface area contributed by atoms with E-state index in [1.807, 2.05) is 61.1 Å². The minimum absolute atomic E-state index is 0.640. The molecule has 2 N–H and O–H groups in total. The number of unbranched alkanes of at least 4 members (excludes halogenated alkanes) is 1. The lowest BCUT2D eigenvalue weighted by atomic mass is 10.2. The second kappa shape index (κ2) is 9.32.